The Bertz CT molecular complexity index is 1080. The summed E-state index contributed by atoms with van der Waals surface area (Å²) in [5.74, 6) is 6.98. The molecule has 0 unspecified atom stereocenters. The van der Waals surface area contributed by atoms with Gasteiger partial charge in [0.05, 0.1) is 18.1 Å². The zero-order valence-electron chi connectivity index (χ0n) is 17.9. The number of carbonyl (C=O) groups is 1. The summed E-state index contributed by atoms with van der Waals surface area (Å²) in [6.07, 6.45) is 3.83. The molecule has 0 saturated heterocycles. The molecule has 0 aliphatic heterocycles. The van der Waals surface area contributed by atoms with Crippen LogP contribution in [-0.2, 0) is 4.79 Å². The lowest BCUT2D eigenvalue weighted by Crippen LogP contribution is -2.17. The second kappa shape index (κ2) is 11.6. The van der Waals surface area contributed by atoms with Crippen molar-refractivity contribution in [2.24, 2.45) is 5.10 Å². The Morgan fingerprint density at radius 2 is 1.94 bits per heavy atom. The summed E-state index contributed by atoms with van der Waals surface area (Å²) < 4.78 is 6.64. The third kappa shape index (κ3) is 6.88. The monoisotopic (exact) mass is 451 g/mol. The third-order valence-corrected chi connectivity index (χ3v) is 5.04. The number of amides is 1. The number of carbonyl (C=O) groups excluding carboxylic acids is 1. The van der Waals surface area contributed by atoms with E-state index >= 15 is 0 Å². The topological polar surface area (TPSA) is 119 Å². The lowest BCUT2D eigenvalue weighted by atomic mass is 10.2. The highest BCUT2D eigenvalue weighted by atomic mass is 32.2. The number of hydrogen-bond acceptors (Lipinski definition) is 8. The average Bonchev–Trinajstić information content (AvgIpc) is 3.16. The van der Waals surface area contributed by atoms with Crippen molar-refractivity contribution in [2.45, 2.75) is 19.0 Å². The second-order valence-electron chi connectivity index (χ2n) is 6.58. The van der Waals surface area contributed by atoms with Gasteiger partial charge in [-0.1, -0.05) is 48.2 Å². The molecule has 1 heterocycles. The van der Waals surface area contributed by atoms with Gasteiger partial charge in [0.1, 0.15) is 5.75 Å². The molecule has 0 aliphatic carbocycles. The molecule has 1 amide bonds. The van der Waals surface area contributed by atoms with Crippen LogP contribution in [0.3, 0.4) is 0 Å². The van der Waals surface area contributed by atoms with Gasteiger partial charge in [-0.3, -0.25) is 4.79 Å². The van der Waals surface area contributed by atoms with Crippen LogP contribution in [0.5, 0.6) is 5.75 Å². The van der Waals surface area contributed by atoms with Gasteiger partial charge in [0.15, 0.2) is 0 Å². The van der Waals surface area contributed by atoms with Crippen molar-refractivity contribution in [3.05, 3.63) is 66.2 Å². The molecule has 3 rings (SSSR count). The molecule has 0 saturated carbocycles. The van der Waals surface area contributed by atoms with Gasteiger partial charge >= 0.3 is 0 Å². The summed E-state index contributed by atoms with van der Waals surface area (Å²) in [4.78, 5) is 12.2. The van der Waals surface area contributed by atoms with Crippen LogP contribution in [0.15, 0.2) is 70.9 Å². The highest BCUT2D eigenvalue weighted by Gasteiger charge is 2.12. The van der Waals surface area contributed by atoms with E-state index in [1.165, 1.54) is 16.4 Å². The van der Waals surface area contributed by atoms with Crippen molar-refractivity contribution in [3.63, 3.8) is 0 Å². The van der Waals surface area contributed by atoms with Crippen molar-refractivity contribution in [1.82, 2.24) is 14.9 Å². The van der Waals surface area contributed by atoms with Crippen LogP contribution in [0.1, 0.15) is 19.4 Å². The fourth-order valence-corrected chi connectivity index (χ4v) is 3.19. The van der Waals surface area contributed by atoms with E-state index in [1.807, 2.05) is 56.3 Å². The summed E-state index contributed by atoms with van der Waals surface area (Å²) in [6.45, 7) is 4.36. The first-order valence-electron chi connectivity index (χ1n) is 9.94. The number of benzene rings is 2. The third-order valence-electron chi connectivity index (χ3n) is 4.09. The molecular weight excluding hydrogens is 426 g/mol. The molecule has 0 atom stereocenters. The Morgan fingerprint density at radius 1 is 1.19 bits per heavy atom. The Kier molecular flexibility index (Phi) is 8.27. The summed E-state index contributed by atoms with van der Waals surface area (Å²) in [5.41, 5.74) is 5.28. The van der Waals surface area contributed by atoms with Crippen molar-refractivity contribution in [3.8, 4) is 5.75 Å². The van der Waals surface area contributed by atoms with Crippen LogP contribution in [0.2, 0.25) is 0 Å². The maximum absolute atomic E-state index is 12.2. The maximum atomic E-state index is 12.2. The Balaban J connectivity index is 1.49. The lowest BCUT2D eigenvalue weighted by Gasteiger charge is -2.07. The fraction of sp³-hybridized carbons (Fsp3) is 0.182. The van der Waals surface area contributed by atoms with Crippen LogP contribution in [-0.4, -0.2) is 38.9 Å². The van der Waals surface area contributed by atoms with Crippen molar-refractivity contribution < 1.29 is 9.53 Å². The number of nitrogens with zero attached hydrogens (tertiary/aromatic N) is 4. The fourth-order valence-electron chi connectivity index (χ4n) is 2.54. The van der Waals surface area contributed by atoms with Gasteiger partial charge in [-0.05, 0) is 49.8 Å². The standard InChI is InChI=1S/C22H25N7O2S/c1-3-31-19-13-11-18(12-14-19)24-20(30)15-32-22-28-27-21(29(22)23)26-25-16(2)9-10-17-7-5-4-6-8-17/h4-14H,3,15,23H2,1-2H3,(H,24,30)(H,26,27)/b10-9+,25-16+. The van der Waals surface area contributed by atoms with E-state index in [0.29, 0.717) is 17.5 Å². The number of aromatic nitrogens is 3. The molecule has 0 radical (unpaired) electrons. The minimum absolute atomic E-state index is 0.130. The van der Waals surface area contributed by atoms with Crippen LogP contribution in [0, 0.1) is 0 Å². The first kappa shape index (κ1) is 22.9. The molecule has 0 spiro atoms. The molecule has 1 aromatic heterocycles. The largest absolute Gasteiger partial charge is 0.494 e. The van der Waals surface area contributed by atoms with E-state index in [0.717, 1.165) is 17.0 Å². The number of nitrogens with one attached hydrogen (secondary N) is 2. The average molecular weight is 452 g/mol. The number of nitrogens with two attached hydrogens (primary N) is 1. The van der Waals surface area contributed by atoms with Crippen molar-refractivity contribution >= 4 is 41.1 Å². The van der Waals surface area contributed by atoms with Gasteiger partial charge in [0, 0.05) is 5.69 Å². The molecule has 0 bridgehead atoms. The number of hydrazone groups is 1. The molecular formula is C22H25N7O2S. The summed E-state index contributed by atoms with van der Waals surface area (Å²) in [5, 5.41) is 15.4. The molecule has 0 fully saturated rings. The van der Waals surface area contributed by atoms with Crippen LogP contribution in [0.4, 0.5) is 11.6 Å². The number of thioether (sulfide) groups is 1. The van der Waals surface area contributed by atoms with Gasteiger partial charge in [0.25, 0.3) is 5.95 Å². The SMILES string of the molecule is CCOc1ccc(NC(=O)CSc2nnc(N/N=C(C)/C=C/c3ccccc3)n2N)cc1. The van der Waals surface area contributed by atoms with Crippen LogP contribution in [0.25, 0.3) is 6.08 Å². The molecule has 3 aromatic rings. The Hall–Kier alpha value is -3.79. The van der Waals surface area contributed by atoms with E-state index in [4.69, 9.17) is 10.6 Å². The van der Waals surface area contributed by atoms with Crippen molar-refractivity contribution in [1.29, 1.82) is 0 Å². The minimum Gasteiger partial charge on any atom is -0.494 e. The predicted octanol–water partition coefficient (Wildman–Crippen LogP) is 3.62. The molecule has 9 nitrogen and oxygen atoms in total. The van der Waals surface area contributed by atoms with Crippen molar-refractivity contribution in [2.75, 3.05) is 28.9 Å². The number of ether oxygens (including phenoxy) is 1. The second-order valence-corrected chi connectivity index (χ2v) is 7.52. The minimum atomic E-state index is -0.184. The molecule has 166 valence electrons. The zero-order chi connectivity index (χ0) is 22.8. The van der Waals surface area contributed by atoms with Gasteiger partial charge in [-0.15, -0.1) is 10.2 Å². The number of nitrogen functional groups attached to an aromatic ring is 1. The summed E-state index contributed by atoms with van der Waals surface area (Å²) in [7, 11) is 0. The first-order chi connectivity index (χ1) is 15.5. The molecule has 4 N–H and O–H groups in total. The van der Waals surface area contributed by atoms with E-state index < -0.39 is 0 Å². The highest BCUT2D eigenvalue weighted by Crippen LogP contribution is 2.19. The first-order valence-corrected chi connectivity index (χ1v) is 10.9. The zero-order valence-corrected chi connectivity index (χ0v) is 18.7. The lowest BCUT2D eigenvalue weighted by molar-refractivity contribution is -0.113. The summed E-state index contributed by atoms with van der Waals surface area (Å²) >= 11 is 1.17. The number of rotatable bonds is 10. The van der Waals surface area contributed by atoms with E-state index in [2.05, 4.69) is 26.0 Å². The quantitative estimate of drug-likeness (QED) is 0.186. The smallest absolute Gasteiger partial charge is 0.264 e. The predicted molar refractivity (Wildman–Crippen MR) is 129 cm³/mol. The normalized spacial score (nSPS) is 11.5. The number of hydrogen-bond donors (Lipinski definition) is 3. The van der Waals surface area contributed by atoms with Crippen LogP contribution >= 0.6 is 11.8 Å². The van der Waals surface area contributed by atoms with E-state index in [-0.39, 0.29) is 17.6 Å². The number of anilines is 2. The Morgan fingerprint density at radius 3 is 2.66 bits per heavy atom. The Labute approximate surface area is 190 Å². The maximum Gasteiger partial charge on any atom is 0.264 e. The van der Waals surface area contributed by atoms with Gasteiger partial charge in [0.2, 0.25) is 11.1 Å². The van der Waals surface area contributed by atoms with Gasteiger partial charge in [-0.2, -0.15) is 5.10 Å². The number of allylic oxidation sites excluding steroid dienone is 1. The molecule has 32 heavy (non-hydrogen) atoms. The molecule has 0 aliphatic rings. The highest BCUT2D eigenvalue weighted by molar-refractivity contribution is 7.99. The molecule has 10 heteroatoms. The van der Waals surface area contributed by atoms with Gasteiger partial charge < -0.3 is 15.9 Å². The molecule has 2 aromatic carbocycles. The van der Waals surface area contributed by atoms with Gasteiger partial charge in [-0.25, -0.2) is 10.1 Å². The van der Waals surface area contributed by atoms with E-state index in [9.17, 15) is 4.79 Å². The van der Waals surface area contributed by atoms with E-state index in [1.54, 1.807) is 24.3 Å². The summed E-state index contributed by atoms with van der Waals surface area (Å²) in [6, 6.07) is 17.1. The van der Waals surface area contributed by atoms with Crippen LogP contribution < -0.4 is 21.3 Å².